The van der Waals surface area contributed by atoms with Gasteiger partial charge in [-0.15, -0.1) is 0 Å². The van der Waals surface area contributed by atoms with Gasteiger partial charge in [0.15, 0.2) is 11.5 Å². The van der Waals surface area contributed by atoms with Gasteiger partial charge in [0.2, 0.25) is 0 Å². The average molecular weight is 294 g/mol. The largest absolute Gasteiger partial charge is 0.493 e. The molecule has 1 aromatic carbocycles. The van der Waals surface area contributed by atoms with Gasteiger partial charge in [0, 0.05) is 13.8 Å². The third-order valence-corrected chi connectivity index (χ3v) is 2.42. The van der Waals surface area contributed by atoms with E-state index in [0.29, 0.717) is 11.5 Å². The molecule has 0 aromatic heterocycles. The van der Waals surface area contributed by atoms with Gasteiger partial charge in [-0.1, -0.05) is 12.1 Å². The van der Waals surface area contributed by atoms with E-state index < -0.39 is 18.2 Å². The van der Waals surface area contributed by atoms with Crippen molar-refractivity contribution in [3.05, 3.63) is 29.8 Å². The van der Waals surface area contributed by atoms with Gasteiger partial charge < -0.3 is 18.9 Å². The maximum atomic E-state index is 10.9. The van der Waals surface area contributed by atoms with Gasteiger partial charge in [-0.2, -0.15) is 0 Å². The standard InChI is InChI=1S/C15H18O6/c1-10(16)20-15(21-11(2)17)8-6-12-5-7-13(18-3)14(9-12)19-4/h5-9,15H,1-4H3/b8-6+. The van der Waals surface area contributed by atoms with E-state index in [-0.39, 0.29) is 0 Å². The fourth-order valence-electron chi connectivity index (χ4n) is 1.58. The number of carbonyl (C=O) groups is 2. The Balaban J connectivity index is 2.89. The van der Waals surface area contributed by atoms with E-state index in [4.69, 9.17) is 18.9 Å². The normalized spacial score (nSPS) is 10.5. The molecule has 0 amide bonds. The van der Waals surface area contributed by atoms with Crippen LogP contribution in [0.3, 0.4) is 0 Å². The summed E-state index contributed by atoms with van der Waals surface area (Å²) in [5.74, 6) is 0.0822. The quantitative estimate of drug-likeness (QED) is 0.591. The Morgan fingerprint density at radius 2 is 1.57 bits per heavy atom. The zero-order valence-corrected chi connectivity index (χ0v) is 12.4. The predicted molar refractivity (Wildman–Crippen MR) is 75.9 cm³/mol. The first-order valence-electron chi connectivity index (χ1n) is 6.21. The minimum absolute atomic E-state index is 0.543. The first-order valence-corrected chi connectivity index (χ1v) is 6.21. The average Bonchev–Trinajstić information content (AvgIpc) is 2.43. The van der Waals surface area contributed by atoms with Crippen LogP contribution >= 0.6 is 0 Å². The van der Waals surface area contributed by atoms with Crippen molar-refractivity contribution in [2.45, 2.75) is 20.1 Å². The van der Waals surface area contributed by atoms with E-state index in [1.807, 2.05) is 0 Å². The number of carbonyl (C=O) groups excluding carboxylic acids is 2. The highest BCUT2D eigenvalue weighted by Crippen LogP contribution is 2.28. The van der Waals surface area contributed by atoms with Gasteiger partial charge >= 0.3 is 11.9 Å². The monoisotopic (exact) mass is 294 g/mol. The number of hydrogen-bond donors (Lipinski definition) is 0. The lowest BCUT2D eigenvalue weighted by atomic mass is 10.2. The maximum Gasteiger partial charge on any atom is 0.305 e. The van der Waals surface area contributed by atoms with Gasteiger partial charge in [0.25, 0.3) is 6.29 Å². The zero-order chi connectivity index (χ0) is 15.8. The Labute approximate surface area is 123 Å². The van der Waals surface area contributed by atoms with E-state index in [0.717, 1.165) is 5.56 Å². The van der Waals surface area contributed by atoms with Crippen LogP contribution in [0, 0.1) is 0 Å². The molecule has 0 saturated carbocycles. The first-order chi connectivity index (χ1) is 9.96. The molecule has 0 fully saturated rings. The molecule has 0 bridgehead atoms. The molecule has 0 N–H and O–H groups in total. The van der Waals surface area contributed by atoms with Crippen molar-refractivity contribution in [2.24, 2.45) is 0 Å². The lowest BCUT2D eigenvalue weighted by Crippen LogP contribution is -2.19. The van der Waals surface area contributed by atoms with Crippen LogP contribution in [0.1, 0.15) is 19.4 Å². The second-order valence-corrected chi connectivity index (χ2v) is 4.06. The molecule has 0 atom stereocenters. The van der Waals surface area contributed by atoms with E-state index in [1.54, 1.807) is 31.4 Å². The summed E-state index contributed by atoms with van der Waals surface area (Å²) in [6.45, 7) is 2.47. The van der Waals surface area contributed by atoms with Crippen LogP contribution < -0.4 is 9.47 Å². The molecule has 0 aliphatic carbocycles. The summed E-state index contributed by atoms with van der Waals surface area (Å²) in [5.41, 5.74) is 0.775. The summed E-state index contributed by atoms with van der Waals surface area (Å²) in [7, 11) is 3.08. The summed E-state index contributed by atoms with van der Waals surface area (Å²) >= 11 is 0. The Morgan fingerprint density at radius 3 is 2.05 bits per heavy atom. The topological polar surface area (TPSA) is 71.1 Å². The molecule has 1 rings (SSSR count). The number of hydrogen-bond acceptors (Lipinski definition) is 6. The molecule has 0 unspecified atom stereocenters. The summed E-state index contributed by atoms with van der Waals surface area (Å²) < 4.78 is 20.0. The first kappa shape index (κ1) is 16.6. The fourth-order valence-corrected chi connectivity index (χ4v) is 1.58. The number of methoxy groups -OCH3 is 2. The molecular weight excluding hydrogens is 276 g/mol. The molecular formula is C15H18O6. The Hall–Kier alpha value is -2.50. The second-order valence-electron chi connectivity index (χ2n) is 4.06. The Kier molecular flexibility index (Phi) is 6.26. The Bertz CT molecular complexity index is 519. The van der Waals surface area contributed by atoms with Crippen molar-refractivity contribution in [1.82, 2.24) is 0 Å². The van der Waals surface area contributed by atoms with Gasteiger partial charge in [-0.3, -0.25) is 9.59 Å². The van der Waals surface area contributed by atoms with Crippen LogP contribution in [0.15, 0.2) is 24.3 Å². The molecule has 0 aliphatic rings. The maximum absolute atomic E-state index is 10.9. The van der Waals surface area contributed by atoms with E-state index in [1.165, 1.54) is 27.0 Å². The summed E-state index contributed by atoms with van der Waals surface area (Å²) in [6.07, 6.45) is 2.05. The van der Waals surface area contributed by atoms with Crippen molar-refractivity contribution in [3.63, 3.8) is 0 Å². The molecule has 0 saturated heterocycles. The fraction of sp³-hybridized carbons (Fsp3) is 0.333. The Morgan fingerprint density at radius 1 is 1.00 bits per heavy atom. The summed E-state index contributed by atoms with van der Waals surface area (Å²) in [5, 5.41) is 0. The highest BCUT2D eigenvalue weighted by Gasteiger charge is 2.11. The highest BCUT2D eigenvalue weighted by atomic mass is 16.7. The minimum atomic E-state index is -1.06. The minimum Gasteiger partial charge on any atom is -0.493 e. The van der Waals surface area contributed by atoms with Crippen LogP contribution in [0.25, 0.3) is 6.08 Å². The van der Waals surface area contributed by atoms with Crippen LogP contribution in [-0.4, -0.2) is 32.4 Å². The lowest BCUT2D eigenvalue weighted by Gasteiger charge is -2.12. The van der Waals surface area contributed by atoms with E-state index >= 15 is 0 Å². The summed E-state index contributed by atoms with van der Waals surface area (Å²) in [4.78, 5) is 21.9. The number of benzene rings is 1. The third-order valence-electron chi connectivity index (χ3n) is 2.42. The molecule has 0 radical (unpaired) electrons. The number of ether oxygens (including phenoxy) is 4. The number of esters is 2. The van der Waals surface area contributed by atoms with Crippen molar-refractivity contribution in [3.8, 4) is 11.5 Å². The molecule has 114 valence electrons. The molecule has 0 heterocycles. The van der Waals surface area contributed by atoms with E-state index in [2.05, 4.69) is 0 Å². The van der Waals surface area contributed by atoms with Gasteiger partial charge in [-0.05, 0) is 23.8 Å². The van der Waals surface area contributed by atoms with Crippen LogP contribution in [0.2, 0.25) is 0 Å². The molecule has 6 nitrogen and oxygen atoms in total. The van der Waals surface area contributed by atoms with E-state index in [9.17, 15) is 9.59 Å². The smallest absolute Gasteiger partial charge is 0.305 e. The zero-order valence-electron chi connectivity index (χ0n) is 12.4. The molecule has 1 aromatic rings. The van der Waals surface area contributed by atoms with Gasteiger partial charge in [-0.25, -0.2) is 0 Å². The lowest BCUT2D eigenvalue weighted by molar-refractivity contribution is -0.176. The third kappa shape index (κ3) is 5.56. The van der Waals surface area contributed by atoms with Crippen LogP contribution in [0.4, 0.5) is 0 Å². The second kappa shape index (κ2) is 7.94. The van der Waals surface area contributed by atoms with Crippen molar-refractivity contribution in [1.29, 1.82) is 0 Å². The molecule has 0 spiro atoms. The molecule has 21 heavy (non-hydrogen) atoms. The van der Waals surface area contributed by atoms with Gasteiger partial charge in [0.1, 0.15) is 0 Å². The van der Waals surface area contributed by atoms with Crippen molar-refractivity contribution >= 4 is 18.0 Å². The highest BCUT2D eigenvalue weighted by molar-refractivity contribution is 5.69. The van der Waals surface area contributed by atoms with Crippen LogP contribution in [0.5, 0.6) is 11.5 Å². The molecule has 6 heteroatoms. The van der Waals surface area contributed by atoms with Crippen LogP contribution in [-0.2, 0) is 19.1 Å². The molecule has 0 aliphatic heterocycles. The van der Waals surface area contributed by atoms with Crippen molar-refractivity contribution < 1.29 is 28.5 Å². The SMILES string of the molecule is COc1ccc(/C=C/C(OC(C)=O)OC(C)=O)cc1OC. The summed E-state index contributed by atoms with van der Waals surface area (Å²) in [6, 6.07) is 5.27. The van der Waals surface area contributed by atoms with Crippen molar-refractivity contribution in [2.75, 3.05) is 14.2 Å². The predicted octanol–water partition coefficient (Wildman–Crippen LogP) is 2.17. The van der Waals surface area contributed by atoms with Gasteiger partial charge in [0.05, 0.1) is 14.2 Å². The number of rotatable bonds is 6.